The molecule has 0 unspecified atom stereocenters. The standard InChI is InChI=1S/C18H16BrNO4S2/c1-3-23-14-8-11(7-13(19)16(14)22-2)9-15-17(21)20(18(25)26-15)10-12-5-4-6-24-12/h4-9H,3,10H2,1-2H3/b15-9-. The first-order valence-electron chi connectivity index (χ1n) is 7.81. The summed E-state index contributed by atoms with van der Waals surface area (Å²) in [6, 6.07) is 7.32. The number of thioether (sulfide) groups is 1. The van der Waals surface area contributed by atoms with Gasteiger partial charge in [0.25, 0.3) is 5.91 Å². The molecule has 3 rings (SSSR count). The molecule has 0 radical (unpaired) electrons. The van der Waals surface area contributed by atoms with Gasteiger partial charge in [0.2, 0.25) is 0 Å². The number of furan rings is 1. The predicted octanol–water partition coefficient (Wildman–Crippen LogP) is 4.85. The fourth-order valence-corrected chi connectivity index (χ4v) is 4.36. The molecule has 8 heteroatoms. The summed E-state index contributed by atoms with van der Waals surface area (Å²) in [5.41, 5.74) is 0.819. The first kappa shape index (κ1) is 19.0. The number of amides is 1. The molecule has 26 heavy (non-hydrogen) atoms. The molecule has 0 N–H and O–H groups in total. The van der Waals surface area contributed by atoms with Gasteiger partial charge in [0.1, 0.15) is 10.1 Å². The molecule has 2 aromatic rings. The molecule has 136 valence electrons. The molecule has 1 fully saturated rings. The zero-order chi connectivity index (χ0) is 18.7. The Morgan fingerprint density at radius 2 is 2.23 bits per heavy atom. The summed E-state index contributed by atoms with van der Waals surface area (Å²) in [7, 11) is 1.59. The highest BCUT2D eigenvalue weighted by molar-refractivity contribution is 9.10. The van der Waals surface area contributed by atoms with Crippen molar-refractivity contribution in [1.29, 1.82) is 0 Å². The Bertz CT molecular complexity index is 864. The summed E-state index contributed by atoms with van der Waals surface area (Å²) in [6.45, 7) is 2.74. The van der Waals surface area contributed by atoms with Crippen molar-refractivity contribution in [3.8, 4) is 11.5 Å². The quantitative estimate of drug-likeness (QED) is 0.460. The van der Waals surface area contributed by atoms with Gasteiger partial charge in [-0.25, -0.2) is 0 Å². The van der Waals surface area contributed by atoms with Gasteiger partial charge in [-0.2, -0.15) is 0 Å². The molecule has 5 nitrogen and oxygen atoms in total. The van der Waals surface area contributed by atoms with Crippen molar-refractivity contribution in [3.05, 3.63) is 51.2 Å². The highest BCUT2D eigenvalue weighted by Gasteiger charge is 2.32. The average Bonchev–Trinajstić information content (AvgIpc) is 3.20. The molecule has 1 aliphatic rings. The van der Waals surface area contributed by atoms with Crippen molar-refractivity contribution in [3.63, 3.8) is 0 Å². The third-order valence-corrected chi connectivity index (χ3v) is 5.57. The molecule has 0 atom stereocenters. The second-order valence-corrected chi connectivity index (χ2v) is 7.84. The van der Waals surface area contributed by atoms with Gasteiger partial charge in [-0.1, -0.05) is 24.0 Å². The summed E-state index contributed by atoms with van der Waals surface area (Å²) in [5.74, 6) is 1.78. The van der Waals surface area contributed by atoms with Crippen LogP contribution in [0.15, 0.2) is 44.3 Å². The summed E-state index contributed by atoms with van der Waals surface area (Å²) >= 11 is 10.1. The lowest BCUT2D eigenvalue weighted by Gasteiger charge is -2.13. The SMILES string of the molecule is CCOc1cc(/C=C2\SC(=S)N(Cc3ccco3)C2=O)cc(Br)c1OC. The van der Waals surface area contributed by atoms with Crippen LogP contribution in [0.3, 0.4) is 0 Å². The zero-order valence-electron chi connectivity index (χ0n) is 14.2. The van der Waals surface area contributed by atoms with Gasteiger partial charge in [0, 0.05) is 0 Å². The zero-order valence-corrected chi connectivity index (χ0v) is 17.4. The fourth-order valence-electron chi connectivity index (χ4n) is 2.48. The van der Waals surface area contributed by atoms with Crippen LogP contribution in [0.5, 0.6) is 11.5 Å². The summed E-state index contributed by atoms with van der Waals surface area (Å²) in [6.07, 6.45) is 3.38. The van der Waals surface area contributed by atoms with Crippen molar-refractivity contribution in [2.45, 2.75) is 13.5 Å². The molecule has 1 aromatic heterocycles. The number of halogens is 1. The van der Waals surface area contributed by atoms with Gasteiger partial charge >= 0.3 is 0 Å². The maximum absolute atomic E-state index is 12.7. The molecular weight excluding hydrogens is 438 g/mol. The largest absolute Gasteiger partial charge is 0.492 e. The molecule has 1 aromatic carbocycles. The minimum absolute atomic E-state index is 0.138. The van der Waals surface area contributed by atoms with Crippen LogP contribution in [0.25, 0.3) is 6.08 Å². The number of benzene rings is 1. The summed E-state index contributed by atoms with van der Waals surface area (Å²) in [5, 5.41) is 0. The Morgan fingerprint density at radius 1 is 1.42 bits per heavy atom. The van der Waals surface area contributed by atoms with Crippen molar-refractivity contribution in [2.75, 3.05) is 13.7 Å². The minimum Gasteiger partial charge on any atom is -0.492 e. The smallest absolute Gasteiger partial charge is 0.266 e. The van der Waals surface area contributed by atoms with Crippen molar-refractivity contribution in [1.82, 2.24) is 4.90 Å². The van der Waals surface area contributed by atoms with Gasteiger partial charge in [0.15, 0.2) is 11.5 Å². The van der Waals surface area contributed by atoms with E-state index >= 15 is 0 Å². The number of thiocarbonyl (C=S) groups is 1. The third-order valence-electron chi connectivity index (χ3n) is 3.60. The van der Waals surface area contributed by atoms with Crippen molar-refractivity contribution in [2.24, 2.45) is 0 Å². The van der Waals surface area contributed by atoms with E-state index in [1.807, 2.05) is 25.1 Å². The highest BCUT2D eigenvalue weighted by Crippen LogP contribution is 2.39. The van der Waals surface area contributed by atoms with E-state index in [4.69, 9.17) is 26.1 Å². The molecule has 0 bridgehead atoms. The molecule has 0 aliphatic carbocycles. The molecule has 1 amide bonds. The number of methoxy groups -OCH3 is 1. The van der Waals surface area contributed by atoms with Crippen molar-refractivity contribution >= 4 is 56.2 Å². The molecule has 0 saturated carbocycles. The van der Waals surface area contributed by atoms with E-state index < -0.39 is 0 Å². The van der Waals surface area contributed by atoms with E-state index in [9.17, 15) is 4.79 Å². The van der Waals surface area contributed by atoms with E-state index in [1.54, 1.807) is 25.5 Å². The van der Waals surface area contributed by atoms with Crippen LogP contribution in [0.4, 0.5) is 0 Å². The summed E-state index contributed by atoms with van der Waals surface area (Å²) in [4.78, 5) is 14.8. The van der Waals surface area contributed by atoms with Crippen molar-refractivity contribution < 1.29 is 18.7 Å². The molecular formula is C18H16BrNO4S2. The predicted molar refractivity (Wildman–Crippen MR) is 109 cm³/mol. The van der Waals surface area contributed by atoms with Crippen LogP contribution in [0, 0.1) is 0 Å². The van der Waals surface area contributed by atoms with Crippen LogP contribution in [0.1, 0.15) is 18.2 Å². The summed E-state index contributed by atoms with van der Waals surface area (Å²) < 4.78 is 17.6. The third kappa shape index (κ3) is 3.97. The van der Waals surface area contributed by atoms with E-state index in [0.717, 1.165) is 10.0 Å². The number of ether oxygens (including phenoxy) is 2. The van der Waals surface area contributed by atoms with Gasteiger partial charge in [-0.3, -0.25) is 9.69 Å². The normalized spacial score (nSPS) is 15.8. The Labute approximate surface area is 169 Å². The second-order valence-electron chi connectivity index (χ2n) is 5.31. The maximum atomic E-state index is 12.7. The van der Waals surface area contributed by atoms with Gasteiger partial charge in [0.05, 0.1) is 35.9 Å². The Kier molecular flexibility index (Phi) is 6.05. The van der Waals surface area contributed by atoms with E-state index in [1.165, 1.54) is 16.7 Å². The van der Waals surface area contributed by atoms with E-state index in [-0.39, 0.29) is 5.91 Å². The Morgan fingerprint density at radius 3 is 2.88 bits per heavy atom. The number of hydrogen-bond donors (Lipinski definition) is 0. The number of rotatable bonds is 6. The van der Waals surface area contributed by atoms with Gasteiger partial charge in [-0.05, 0) is 58.8 Å². The number of hydrogen-bond acceptors (Lipinski definition) is 6. The number of carbonyl (C=O) groups is 1. The van der Waals surface area contributed by atoms with Crippen LogP contribution in [0.2, 0.25) is 0 Å². The first-order valence-corrected chi connectivity index (χ1v) is 9.83. The van der Waals surface area contributed by atoms with Crippen LogP contribution in [-0.4, -0.2) is 28.8 Å². The van der Waals surface area contributed by atoms with E-state index in [0.29, 0.717) is 39.6 Å². The maximum Gasteiger partial charge on any atom is 0.266 e. The lowest BCUT2D eigenvalue weighted by atomic mass is 10.2. The topological polar surface area (TPSA) is 51.9 Å². The minimum atomic E-state index is -0.138. The highest BCUT2D eigenvalue weighted by atomic mass is 79.9. The van der Waals surface area contributed by atoms with Gasteiger partial charge < -0.3 is 13.9 Å². The average molecular weight is 454 g/mol. The molecule has 1 aliphatic heterocycles. The van der Waals surface area contributed by atoms with Crippen LogP contribution < -0.4 is 9.47 Å². The second kappa shape index (κ2) is 8.28. The number of nitrogens with zero attached hydrogens (tertiary/aromatic N) is 1. The van der Waals surface area contributed by atoms with Crippen LogP contribution >= 0.6 is 39.9 Å². The Hall–Kier alpha value is -1.77. The van der Waals surface area contributed by atoms with E-state index in [2.05, 4.69) is 15.9 Å². The monoisotopic (exact) mass is 453 g/mol. The molecule has 1 saturated heterocycles. The number of carbonyl (C=O) groups excluding carboxylic acids is 1. The molecule has 2 heterocycles. The van der Waals surface area contributed by atoms with Gasteiger partial charge in [-0.15, -0.1) is 0 Å². The molecule has 0 spiro atoms. The lowest BCUT2D eigenvalue weighted by molar-refractivity contribution is -0.122. The Balaban J connectivity index is 1.88. The fraction of sp³-hybridized carbons (Fsp3) is 0.222. The lowest BCUT2D eigenvalue weighted by Crippen LogP contribution is -2.27. The van der Waals surface area contributed by atoms with Crippen LogP contribution in [-0.2, 0) is 11.3 Å². The first-order chi connectivity index (χ1) is 12.5.